The van der Waals surface area contributed by atoms with Gasteiger partial charge < -0.3 is 14.8 Å². The second-order valence-electron chi connectivity index (χ2n) is 7.24. The number of methoxy groups -OCH3 is 2. The molecule has 0 saturated carbocycles. The predicted octanol–water partition coefficient (Wildman–Crippen LogP) is 4.04. The van der Waals surface area contributed by atoms with Crippen molar-refractivity contribution in [1.29, 1.82) is 0 Å². The number of carbonyl (C=O) groups is 1. The highest BCUT2D eigenvalue weighted by Crippen LogP contribution is 2.35. The second-order valence-corrected chi connectivity index (χ2v) is 7.24. The average Bonchev–Trinajstić information content (AvgIpc) is 3.13. The minimum Gasteiger partial charge on any atom is -0.468 e. The number of allylic oxidation sites excluding steroid dienone is 8. The quantitative estimate of drug-likeness (QED) is 0.418. The van der Waals surface area contributed by atoms with E-state index < -0.39 is 5.60 Å². The molecule has 0 amide bonds. The van der Waals surface area contributed by atoms with E-state index >= 15 is 0 Å². The van der Waals surface area contributed by atoms with Crippen LogP contribution in [0.1, 0.15) is 26.7 Å². The smallest absolute Gasteiger partial charge is 0.322 e. The summed E-state index contributed by atoms with van der Waals surface area (Å²) in [7, 11) is 3.08. The third-order valence-electron chi connectivity index (χ3n) is 5.34. The fraction of sp³-hybridized carbons (Fsp3) is 0.435. The molecule has 3 atom stereocenters. The van der Waals surface area contributed by atoms with Crippen molar-refractivity contribution in [1.82, 2.24) is 5.32 Å². The van der Waals surface area contributed by atoms with E-state index in [2.05, 4.69) is 56.6 Å². The third-order valence-corrected chi connectivity index (χ3v) is 5.34. The Labute approximate surface area is 163 Å². The molecule has 1 fully saturated rings. The molecule has 4 nitrogen and oxygen atoms in total. The minimum absolute atomic E-state index is 0.272. The first-order valence-electron chi connectivity index (χ1n) is 9.30. The van der Waals surface area contributed by atoms with Crippen LogP contribution in [-0.2, 0) is 14.3 Å². The van der Waals surface area contributed by atoms with Crippen LogP contribution >= 0.6 is 0 Å². The fourth-order valence-corrected chi connectivity index (χ4v) is 3.66. The number of ether oxygens (including phenoxy) is 2. The van der Waals surface area contributed by atoms with Gasteiger partial charge in [-0.05, 0) is 49.0 Å². The molecule has 0 bridgehead atoms. The fourth-order valence-electron chi connectivity index (χ4n) is 3.66. The van der Waals surface area contributed by atoms with Crippen molar-refractivity contribution in [2.24, 2.45) is 5.92 Å². The van der Waals surface area contributed by atoms with Crippen molar-refractivity contribution >= 4 is 5.97 Å². The maximum absolute atomic E-state index is 12.0. The van der Waals surface area contributed by atoms with Crippen molar-refractivity contribution in [3.8, 4) is 0 Å². The topological polar surface area (TPSA) is 47.6 Å². The Hall–Kier alpha value is -2.17. The van der Waals surface area contributed by atoms with E-state index in [1.807, 2.05) is 12.2 Å². The van der Waals surface area contributed by atoms with Gasteiger partial charge in [0.05, 0.1) is 7.11 Å². The summed E-state index contributed by atoms with van der Waals surface area (Å²) >= 11 is 0. The van der Waals surface area contributed by atoms with Crippen LogP contribution in [-0.4, -0.2) is 38.4 Å². The van der Waals surface area contributed by atoms with Gasteiger partial charge in [0.15, 0.2) is 0 Å². The largest absolute Gasteiger partial charge is 0.468 e. The Kier molecular flexibility index (Phi) is 7.17. The first-order chi connectivity index (χ1) is 12.9. The van der Waals surface area contributed by atoms with E-state index in [9.17, 15) is 4.79 Å². The predicted molar refractivity (Wildman–Crippen MR) is 110 cm³/mol. The van der Waals surface area contributed by atoms with E-state index in [1.54, 1.807) is 7.11 Å². The highest BCUT2D eigenvalue weighted by Gasteiger charge is 2.44. The molecule has 1 N–H and O–H groups in total. The zero-order valence-corrected chi connectivity index (χ0v) is 16.9. The molecule has 27 heavy (non-hydrogen) atoms. The summed E-state index contributed by atoms with van der Waals surface area (Å²) in [4.78, 5) is 12.0. The van der Waals surface area contributed by atoms with E-state index in [0.717, 1.165) is 17.6 Å². The first kappa shape index (κ1) is 21.1. The highest BCUT2D eigenvalue weighted by atomic mass is 16.5. The van der Waals surface area contributed by atoms with Crippen molar-refractivity contribution < 1.29 is 14.3 Å². The van der Waals surface area contributed by atoms with Crippen LogP contribution in [0.4, 0.5) is 0 Å². The summed E-state index contributed by atoms with van der Waals surface area (Å²) in [6, 6.07) is -0.382. The van der Waals surface area contributed by atoms with Crippen LogP contribution in [0.25, 0.3) is 0 Å². The van der Waals surface area contributed by atoms with Gasteiger partial charge in [-0.2, -0.15) is 0 Å². The molecule has 2 aliphatic rings. The summed E-state index contributed by atoms with van der Waals surface area (Å²) in [6.45, 7) is 12.7. The van der Waals surface area contributed by atoms with Crippen molar-refractivity contribution in [2.45, 2.75) is 38.3 Å². The molecule has 1 aliphatic heterocycles. The molecule has 0 radical (unpaired) electrons. The van der Waals surface area contributed by atoms with Gasteiger partial charge in [-0.1, -0.05) is 42.5 Å². The Balaban J connectivity index is 2.42. The van der Waals surface area contributed by atoms with Crippen molar-refractivity contribution in [2.75, 3.05) is 20.8 Å². The number of hydrogen-bond donors (Lipinski definition) is 1. The number of rotatable bonds is 7. The molecule has 1 heterocycles. The van der Waals surface area contributed by atoms with Gasteiger partial charge in [0, 0.05) is 20.1 Å². The lowest BCUT2D eigenvalue weighted by Gasteiger charge is -2.29. The van der Waals surface area contributed by atoms with Crippen molar-refractivity contribution in [3.05, 3.63) is 71.9 Å². The summed E-state index contributed by atoms with van der Waals surface area (Å²) in [6.07, 6.45) is 14.0. The van der Waals surface area contributed by atoms with Crippen LogP contribution in [0.3, 0.4) is 0 Å². The number of carbonyl (C=O) groups excluding carboxylic acids is 1. The standard InChI is InChI=1S/C23H31NO3/c1-7-17-10-9-11-18(12-17)20(16(3)4)13-19(8-2)23(27-6)14-21(24-15-23)22(25)26-5/h7-9,11-13,17,21,24H,1-2,10,14-15H2,3-6H3. The van der Waals surface area contributed by atoms with Gasteiger partial charge in [-0.25, -0.2) is 0 Å². The van der Waals surface area contributed by atoms with Gasteiger partial charge in [-0.15, -0.1) is 6.58 Å². The Morgan fingerprint density at radius 2 is 2.07 bits per heavy atom. The van der Waals surface area contributed by atoms with Gasteiger partial charge in [0.1, 0.15) is 11.6 Å². The lowest BCUT2D eigenvalue weighted by molar-refractivity contribution is -0.143. The molecule has 1 saturated heterocycles. The maximum atomic E-state index is 12.0. The van der Waals surface area contributed by atoms with Gasteiger partial charge >= 0.3 is 5.97 Å². The molecular weight excluding hydrogens is 338 g/mol. The summed E-state index contributed by atoms with van der Waals surface area (Å²) in [5.74, 6) is 0.0692. The van der Waals surface area contributed by atoms with Gasteiger partial charge in [0.2, 0.25) is 0 Å². The normalized spacial score (nSPS) is 27.7. The lowest BCUT2D eigenvalue weighted by Crippen LogP contribution is -2.35. The minimum atomic E-state index is -0.613. The van der Waals surface area contributed by atoms with E-state index in [-0.39, 0.29) is 12.0 Å². The molecule has 3 unspecified atom stereocenters. The number of esters is 1. The molecule has 0 spiro atoms. The molecule has 0 aromatic heterocycles. The van der Waals surface area contributed by atoms with E-state index in [4.69, 9.17) is 9.47 Å². The molecular formula is C23H31NO3. The lowest BCUT2D eigenvalue weighted by atomic mass is 9.85. The zero-order valence-electron chi connectivity index (χ0n) is 16.9. The Bertz CT molecular complexity index is 722. The average molecular weight is 370 g/mol. The van der Waals surface area contributed by atoms with Gasteiger partial charge in [-0.3, -0.25) is 4.79 Å². The third kappa shape index (κ3) is 4.57. The number of hydrogen-bond acceptors (Lipinski definition) is 4. The van der Waals surface area contributed by atoms with Gasteiger partial charge in [0.25, 0.3) is 0 Å². The van der Waals surface area contributed by atoms with Crippen molar-refractivity contribution in [3.63, 3.8) is 0 Å². The second kappa shape index (κ2) is 9.16. The number of nitrogens with one attached hydrogen (secondary N) is 1. The summed E-state index contributed by atoms with van der Waals surface area (Å²) in [5, 5.41) is 3.22. The molecule has 1 aliphatic carbocycles. The van der Waals surface area contributed by atoms with Crippen LogP contribution in [0.15, 0.2) is 71.9 Å². The molecule has 146 valence electrons. The Morgan fingerprint density at radius 1 is 1.33 bits per heavy atom. The highest BCUT2D eigenvalue weighted by molar-refractivity contribution is 5.76. The molecule has 0 aromatic rings. The Morgan fingerprint density at radius 3 is 2.63 bits per heavy atom. The van der Waals surface area contributed by atoms with Crippen LogP contribution in [0, 0.1) is 5.92 Å². The van der Waals surface area contributed by atoms with E-state index in [0.29, 0.717) is 18.9 Å². The van der Waals surface area contributed by atoms with Crippen LogP contribution in [0.5, 0.6) is 0 Å². The zero-order chi connectivity index (χ0) is 20.0. The van der Waals surface area contributed by atoms with E-state index in [1.165, 1.54) is 18.3 Å². The summed E-state index contributed by atoms with van der Waals surface area (Å²) < 4.78 is 10.8. The van der Waals surface area contributed by atoms with Crippen LogP contribution in [0.2, 0.25) is 0 Å². The maximum Gasteiger partial charge on any atom is 0.322 e. The molecule has 4 heteroatoms. The molecule has 2 rings (SSSR count). The first-order valence-corrected chi connectivity index (χ1v) is 9.30. The molecule has 0 aromatic carbocycles. The van der Waals surface area contributed by atoms with Crippen LogP contribution < -0.4 is 5.32 Å². The monoisotopic (exact) mass is 369 g/mol. The SMILES string of the molecule is C=CC(=CC(C1=CC(C=C)CC=C1)=C(C)C)C1(OC)CNC(C(=O)OC)C1. The summed E-state index contributed by atoms with van der Waals surface area (Å²) in [5.41, 5.74) is 3.86.